The Hall–Kier alpha value is -1.42. The van der Waals surface area contributed by atoms with Gasteiger partial charge in [0.05, 0.1) is 30.8 Å². The molecule has 82 valence electrons. The first-order valence-electron chi connectivity index (χ1n) is 4.38. The fourth-order valence-electron chi connectivity index (χ4n) is 0.952. The maximum Gasteiger partial charge on any atom is 0.308 e. The number of hydrogen-bond acceptors (Lipinski definition) is 4. The first-order chi connectivity index (χ1) is 7.13. The highest BCUT2D eigenvalue weighted by molar-refractivity contribution is 6.33. The zero-order valence-corrected chi connectivity index (χ0v) is 9.08. The van der Waals surface area contributed by atoms with E-state index in [4.69, 9.17) is 22.1 Å². The van der Waals surface area contributed by atoms with Crippen LogP contribution in [-0.4, -0.2) is 19.7 Å². The number of methoxy groups -OCH3 is 1. The Morgan fingerprint density at radius 1 is 1.53 bits per heavy atom. The van der Waals surface area contributed by atoms with Gasteiger partial charge in [-0.15, -0.1) is 0 Å². The number of ether oxygens (including phenoxy) is 2. The van der Waals surface area contributed by atoms with Gasteiger partial charge in [0, 0.05) is 6.07 Å². The molecule has 0 saturated heterocycles. The molecule has 1 rings (SSSR count). The second-order valence-corrected chi connectivity index (χ2v) is 3.27. The van der Waals surface area contributed by atoms with E-state index in [0.717, 1.165) is 0 Å². The number of carbonyl (C=O) groups excluding carboxylic acids is 1. The van der Waals surface area contributed by atoms with Gasteiger partial charge < -0.3 is 15.2 Å². The third kappa shape index (κ3) is 3.67. The van der Waals surface area contributed by atoms with E-state index in [-0.39, 0.29) is 19.0 Å². The van der Waals surface area contributed by atoms with Crippen LogP contribution in [0, 0.1) is 0 Å². The van der Waals surface area contributed by atoms with Crippen molar-refractivity contribution in [3.8, 4) is 5.75 Å². The van der Waals surface area contributed by atoms with Crippen LogP contribution >= 0.6 is 11.6 Å². The minimum atomic E-state index is -0.309. The van der Waals surface area contributed by atoms with Crippen LogP contribution in [0.5, 0.6) is 5.75 Å². The molecular formula is C10H12ClNO3. The molecule has 0 bridgehead atoms. The molecule has 5 heteroatoms. The lowest BCUT2D eigenvalue weighted by atomic mass is 10.3. The lowest BCUT2D eigenvalue weighted by Gasteiger charge is -2.06. The molecule has 0 saturated carbocycles. The number of benzene rings is 1. The summed E-state index contributed by atoms with van der Waals surface area (Å²) in [5.41, 5.74) is 6.02. The fraction of sp³-hybridized carbons (Fsp3) is 0.300. The first-order valence-corrected chi connectivity index (χ1v) is 4.76. The molecule has 15 heavy (non-hydrogen) atoms. The fourth-order valence-corrected chi connectivity index (χ4v) is 1.12. The zero-order valence-electron chi connectivity index (χ0n) is 8.33. The van der Waals surface area contributed by atoms with Crippen LogP contribution in [-0.2, 0) is 9.53 Å². The van der Waals surface area contributed by atoms with E-state index >= 15 is 0 Å². The predicted octanol–water partition coefficient (Wildman–Crippen LogP) is 1.86. The van der Waals surface area contributed by atoms with Gasteiger partial charge in [-0.25, -0.2) is 0 Å². The maximum absolute atomic E-state index is 10.8. The summed E-state index contributed by atoms with van der Waals surface area (Å²) < 4.78 is 9.74. The summed E-state index contributed by atoms with van der Waals surface area (Å²) in [5, 5.41) is 0.436. The highest BCUT2D eigenvalue weighted by Gasteiger charge is 2.02. The second-order valence-electron chi connectivity index (χ2n) is 2.86. The van der Waals surface area contributed by atoms with Crippen LogP contribution in [0.15, 0.2) is 18.2 Å². The minimum absolute atomic E-state index is 0.207. The van der Waals surface area contributed by atoms with E-state index in [1.807, 2.05) is 0 Å². The number of rotatable bonds is 4. The van der Waals surface area contributed by atoms with Crippen molar-refractivity contribution in [2.45, 2.75) is 6.42 Å². The average Bonchev–Trinajstić information content (AvgIpc) is 2.23. The summed E-state index contributed by atoms with van der Waals surface area (Å²) in [6.45, 7) is 0.257. The molecular weight excluding hydrogens is 218 g/mol. The zero-order chi connectivity index (χ0) is 11.3. The Bertz CT molecular complexity index is 355. The third-order valence-corrected chi connectivity index (χ3v) is 2.10. The second kappa shape index (κ2) is 5.46. The highest BCUT2D eigenvalue weighted by Crippen LogP contribution is 2.24. The van der Waals surface area contributed by atoms with Crippen LogP contribution in [0.25, 0.3) is 0 Å². The molecule has 2 N–H and O–H groups in total. The third-order valence-electron chi connectivity index (χ3n) is 1.77. The number of carbonyl (C=O) groups is 1. The molecule has 0 aliphatic heterocycles. The number of hydrogen-bond donors (Lipinski definition) is 1. The summed E-state index contributed by atoms with van der Waals surface area (Å²) in [6.07, 6.45) is 0.207. The Balaban J connectivity index is 2.44. The topological polar surface area (TPSA) is 61.5 Å². The van der Waals surface area contributed by atoms with Crippen LogP contribution in [0.2, 0.25) is 5.02 Å². The van der Waals surface area contributed by atoms with Gasteiger partial charge in [-0.1, -0.05) is 11.6 Å². The molecule has 0 aromatic heterocycles. The summed E-state index contributed by atoms with van der Waals surface area (Å²) in [7, 11) is 1.34. The standard InChI is InChI=1S/C10H12ClNO3/c1-14-10(13)4-5-15-7-2-3-9(12)8(11)6-7/h2-3,6H,4-5,12H2,1H3. The smallest absolute Gasteiger partial charge is 0.308 e. The molecule has 1 aromatic carbocycles. The van der Waals surface area contributed by atoms with Gasteiger partial charge in [-0.05, 0) is 12.1 Å². The van der Waals surface area contributed by atoms with E-state index in [9.17, 15) is 4.79 Å². The van der Waals surface area contributed by atoms with E-state index in [1.165, 1.54) is 7.11 Å². The summed E-state index contributed by atoms with van der Waals surface area (Å²) in [5.74, 6) is 0.273. The Labute approximate surface area is 92.9 Å². The Morgan fingerprint density at radius 2 is 2.27 bits per heavy atom. The summed E-state index contributed by atoms with van der Waals surface area (Å²) >= 11 is 5.79. The minimum Gasteiger partial charge on any atom is -0.493 e. The lowest BCUT2D eigenvalue weighted by molar-refractivity contribution is -0.141. The highest BCUT2D eigenvalue weighted by atomic mass is 35.5. The van der Waals surface area contributed by atoms with Crippen LogP contribution in [0.1, 0.15) is 6.42 Å². The van der Waals surface area contributed by atoms with Gasteiger partial charge >= 0.3 is 5.97 Å². The molecule has 0 amide bonds. The molecule has 4 nitrogen and oxygen atoms in total. The number of nitrogen functional groups attached to an aromatic ring is 1. The van der Waals surface area contributed by atoms with Gasteiger partial charge in [0.2, 0.25) is 0 Å². The van der Waals surface area contributed by atoms with Crippen molar-refractivity contribution in [2.24, 2.45) is 0 Å². The normalized spacial score (nSPS) is 9.73. The summed E-state index contributed by atoms with van der Waals surface area (Å²) in [4.78, 5) is 10.8. The summed E-state index contributed by atoms with van der Waals surface area (Å²) in [6, 6.07) is 4.95. The SMILES string of the molecule is COC(=O)CCOc1ccc(N)c(Cl)c1. The van der Waals surface area contributed by atoms with Crippen LogP contribution in [0.4, 0.5) is 5.69 Å². The maximum atomic E-state index is 10.8. The molecule has 0 atom stereocenters. The van der Waals surface area contributed by atoms with E-state index < -0.39 is 0 Å². The van der Waals surface area contributed by atoms with Crippen LogP contribution in [0.3, 0.4) is 0 Å². The Kier molecular flexibility index (Phi) is 4.24. The molecule has 0 spiro atoms. The van der Waals surface area contributed by atoms with Crippen molar-refractivity contribution in [2.75, 3.05) is 19.5 Å². The van der Waals surface area contributed by atoms with Crippen molar-refractivity contribution in [3.05, 3.63) is 23.2 Å². The van der Waals surface area contributed by atoms with E-state index in [0.29, 0.717) is 16.5 Å². The lowest BCUT2D eigenvalue weighted by Crippen LogP contribution is -2.07. The van der Waals surface area contributed by atoms with Crippen molar-refractivity contribution >= 4 is 23.3 Å². The average molecular weight is 230 g/mol. The Morgan fingerprint density at radius 3 is 2.87 bits per heavy atom. The van der Waals surface area contributed by atoms with Gasteiger partial charge in [0.15, 0.2) is 0 Å². The monoisotopic (exact) mass is 229 g/mol. The number of halogens is 1. The van der Waals surface area contributed by atoms with Gasteiger partial charge in [-0.3, -0.25) is 4.79 Å². The van der Waals surface area contributed by atoms with Gasteiger partial charge in [-0.2, -0.15) is 0 Å². The van der Waals surface area contributed by atoms with Crippen molar-refractivity contribution in [1.29, 1.82) is 0 Å². The predicted molar refractivity (Wildman–Crippen MR) is 58.0 cm³/mol. The van der Waals surface area contributed by atoms with Crippen molar-refractivity contribution in [3.63, 3.8) is 0 Å². The first kappa shape index (κ1) is 11.7. The van der Waals surface area contributed by atoms with E-state index in [1.54, 1.807) is 18.2 Å². The largest absolute Gasteiger partial charge is 0.493 e. The van der Waals surface area contributed by atoms with E-state index in [2.05, 4.69) is 4.74 Å². The van der Waals surface area contributed by atoms with Gasteiger partial charge in [0.25, 0.3) is 0 Å². The van der Waals surface area contributed by atoms with Crippen molar-refractivity contribution in [1.82, 2.24) is 0 Å². The van der Waals surface area contributed by atoms with Crippen molar-refractivity contribution < 1.29 is 14.3 Å². The quantitative estimate of drug-likeness (QED) is 0.633. The number of nitrogens with two attached hydrogens (primary N) is 1. The van der Waals surface area contributed by atoms with Gasteiger partial charge in [0.1, 0.15) is 5.75 Å². The van der Waals surface area contributed by atoms with Crippen LogP contribution < -0.4 is 10.5 Å². The number of anilines is 1. The molecule has 0 aliphatic rings. The number of esters is 1. The molecule has 0 radical (unpaired) electrons. The molecule has 0 heterocycles. The molecule has 0 fully saturated rings. The molecule has 0 unspecified atom stereocenters. The molecule has 1 aromatic rings. The molecule has 0 aliphatic carbocycles.